The first-order valence-electron chi connectivity index (χ1n) is 12.0. The summed E-state index contributed by atoms with van der Waals surface area (Å²) in [5.74, 6) is -0.109. The fraction of sp³-hybridized carbons (Fsp3) is 0.250. The second-order valence-electron chi connectivity index (χ2n) is 8.81. The average Bonchev–Trinajstić information content (AvgIpc) is 3.61. The lowest BCUT2D eigenvalue weighted by molar-refractivity contribution is -0.132. The molecule has 5 nitrogen and oxygen atoms in total. The summed E-state index contributed by atoms with van der Waals surface area (Å²) in [5.41, 5.74) is 2.68. The Bertz CT molecular complexity index is 1330. The van der Waals surface area contributed by atoms with E-state index in [1.54, 1.807) is 28.8 Å². The summed E-state index contributed by atoms with van der Waals surface area (Å²) in [6.45, 7) is 1.44. The van der Waals surface area contributed by atoms with Gasteiger partial charge in [0.05, 0.1) is 5.01 Å². The number of carbonyl (C=O) groups is 2. The van der Waals surface area contributed by atoms with Gasteiger partial charge in [0.25, 0.3) is 5.91 Å². The lowest BCUT2D eigenvalue weighted by atomic mass is 9.97. The molecule has 2 amide bonds. The molecule has 1 saturated heterocycles. The zero-order chi connectivity index (χ0) is 24.9. The Morgan fingerprint density at radius 1 is 1.00 bits per heavy atom. The van der Waals surface area contributed by atoms with E-state index < -0.39 is 0 Å². The number of carbonyl (C=O) groups excluding carboxylic acids is 2. The second kappa shape index (κ2) is 11.1. The van der Waals surface area contributed by atoms with E-state index in [9.17, 15) is 14.0 Å². The number of para-hydroxylation sites is 1. The van der Waals surface area contributed by atoms with Gasteiger partial charge >= 0.3 is 0 Å². The number of aromatic nitrogens is 1. The van der Waals surface area contributed by atoms with Crippen LogP contribution in [0.3, 0.4) is 0 Å². The molecule has 2 aromatic heterocycles. The average molecular weight is 520 g/mol. The Balaban J connectivity index is 1.18. The van der Waals surface area contributed by atoms with E-state index in [1.807, 2.05) is 40.6 Å². The van der Waals surface area contributed by atoms with Gasteiger partial charge in [0.1, 0.15) is 11.5 Å². The Kier molecular flexibility index (Phi) is 7.53. The van der Waals surface area contributed by atoms with Crippen LogP contribution in [-0.4, -0.2) is 34.8 Å². The predicted molar refractivity (Wildman–Crippen MR) is 143 cm³/mol. The molecule has 0 aliphatic carbocycles. The Morgan fingerprint density at radius 2 is 1.78 bits per heavy atom. The van der Waals surface area contributed by atoms with Crippen LogP contribution in [0, 0.1) is 5.82 Å². The molecule has 8 heteroatoms. The van der Waals surface area contributed by atoms with Gasteiger partial charge in [-0.2, -0.15) is 0 Å². The monoisotopic (exact) mass is 519 g/mol. The Morgan fingerprint density at radius 3 is 2.53 bits per heavy atom. The van der Waals surface area contributed by atoms with Crippen molar-refractivity contribution in [1.29, 1.82) is 0 Å². The van der Waals surface area contributed by atoms with Crippen LogP contribution < -0.4 is 5.32 Å². The molecule has 4 aromatic rings. The summed E-state index contributed by atoms with van der Waals surface area (Å²) in [7, 11) is 0. The van der Waals surface area contributed by atoms with Crippen molar-refractivity contribution in [2.45, 2.75) is 31.6 Å². The largest absolute Gasteiger partial charge is 0.343 e. The SMILES string of the molecule is O=C(Nc1ccccc1-c1ccc(F)cc1)c1csc(C2CCN(C(=O)CCc3cccs3)CC2)n1. The third kappa shape index (κ3) is 5.71. The molecule has 1 aliphatic heterocycles. The first-order chi connectivity index (χ1) is 17.6. The molecular formula is C28H26FN3O2S2. The maximum Gasteiger partial charge on any atom is 0.275 e. The van der Waals surface area contributed by atoms with Gasteiger partial charge in [-0.05, 0) is 54.5 Å². The van der Waals surface area contributed by atoms with Gasteiger partial charge in [0.2, 0.25) is 5.91 Å². The summed E-state index contributed by atoms with van der Waals surface area (Å²) in [4.78, 5) is 33.4. The van der Waals surface area contributed by atoms with E-state index in [-0.39, 0.29) is 23.5 Å². The highest BCUT2D eigenvalue weighted by Gasteiger charge is 2.26. The minimum atomic E-state index is -0.302. The molecule has 1 aliphatic rings. The molecule has 5 rings (SSSR count). The van der Waals surface area contributed by atoms with E-state index in [0.29, 0.717) is 17.8 Å². The Hall–Kier alpha value is -3.36. The summed E-state index contributed by atoms with van der Waals surface area (Å²) in [6, 6.07) is 17.7. The number of aryl methyl sites for hydroxylation is 1. The van der Waals surface area contributed by atoms with Crippen LogP contribution in [0.2, 0.25) is 0 Å². The van der Waals surface area contributed by atoms with E-state index in [1.165, 1.54) is 28.3 Å². The number of rotatable bonds is 7. The second-order valence-corrected chi connectivity index (χ2v) is 10.7. The van der Waals surface area contributed by atoms with Gasteiger partial charge < -0.3 is 10.2 Å². The number of nitrogens with zero attached hydrogens (tertiary/aromatic N) is 2. The third-order valence-corrected chi connectivity index (χ3v) is 8.39. The highest BCUT2D eigenvalue weighted by Crippen LogP contribution is 2.32. The molecule has 0 atom stereocenters. The summed E-state index contributed by atoms with van der Waals surface area (Å²) in [6.07, 6.45) is 3.05. The van der Waals surface area contributed by atoms with Crippen LogP contribution in [0.5, 0.6) is 0 Å². The molecule has 1 fully saturated rings. The number of likely N-dealkylation sites (tertiary alicyclic amines) is 1. The van der Waals surface area contributed by atoms with Crippen molar-refractivity contribution in [3.63, 3.8) is 0 Å². The van der Waals surface area contributed by atoms with Gasteiger partial charge in [-0.1, -0.05) is 36.4 Å². The number of thiophene rings is 1. The predicted octanol–water partition coefficient (Wildman–Crippen LogP) is 6.60. The van der Waals surface area contributed by atoms with Gasteiger partial charge in [0.15, 0.2) is 0 Å². The number of hydrogen-bond acceptors (Lipinski definition) is 5. The number of piperidine rings is 1. The van der Waals surface area contributed by atoms with Crippen molar-refractivity contribution in [2.24, 2.45) is 0 Å². The highest BCUT2D eigenvalue weighted by molar-refractivity contribution is 7.10. The molecule has 0 spiro atoms. The van der Waals surface area contributed by atoms with Crippen molar-refractivity contribution >= 4 is 40.2 Å². The molecule has 0 radical (unpaired) electrons. The number of nitrogens with one attached hydrogen (secondary N) is 1. The van der Waals surface area contributed by atoms with Crippen molar-refractivity contribution < 1.29 is 14.0 Å². The van der Waals surface area contributed by atoms with Crippen LogP contribution in [0.1, 0.15) is 45.6 Å². The first kappa shape index (κ1) is 24.3. The van der Waals surface area contributed by atoms with Gasteiger partial charge in [0, 0.05) is 46.9 Å². The lowest BCUT2D eigenvalue weighted by Gasteiger charge is -2.31. The fourth-order valence-electron chi connectivity index (χ4n) is 4.46. The number of hydrogen-bond donors (Lipinski definition) is 1. The van der Waals surface area contributed by atoms with E-state index >= 15 is 0 Å². The summed E-state index contributed by atoms with van der Waals surface area (Å²) < 4.78 is 13.3. The van der Waals surface area contributed by atoms with Gasteiger partial charge in [-0.25, -0.2) is 9.37 Å². The molecular weight excluding hydrogens is 493 g/mol. The smallest absolute Gasteiger partial charge is 0.275 e. The number of amides is 2. The normalized spacial score (nSPS) is 14.1. The summed E-state index contributed by atoms with van der Waals surface area (Å²) >= 11 is 3.19. The first-order valence-corrected chi connectivity index (χ1v) is 13.7. The molecule has 0 saturated carbocycles. The number of halogens is 1. The van der Waals surface area contributed by atoms with E-state index in [0.717, 1.165) is 48.5 Å². The number of anilines is 1. The molecule has 0 bridgehead atoms. The van der Waals surface area contributed by atoms with Crippen LogP contribution in [0.15, 0.2) is 71.4 Å². The topological polar surface area (TPSA) is 62.3 Å². The maximum atomic E-state index is 13.3. The molecule has 184 valence electrons. The maximum absolute atomic E-state index is 13.3. The molecule has 3 heterocycles. The van der Waals surface area contributed by atoms with Crippen LogP contribution >= 0.6 is 22.7 Å². The lowest BCUT2D eigenvalue weighted by Crippen LogP contribution is -2.38. The van der Waals surface area contributed by atoms with E-state index in [4.69, 9.17) is 0 Å². The molecule has 1 N–H and O–H groups in total. The minimum Gasteiger partial charge on any atom is -0.343 e. The summed E-state index contributed by atoms with van der Waals surface area (Å²) in [5, 5.41) is 7.74. The van der Waals surface area contributed by atoms with Crippen molar-refractivity contribution in [1.82, 2.24) is 9.88 Å². The quantitative estimate of drug-likeness (QED) is 0.299. The highest BCUT2D eigenvalue weighted by atomic mass is 32.1. The van der Waals surface area contributed by atoms with Crippen molar-refractivity contribution in [3.05, 3.63) is 92.8 Å². The van der Waals surface area contributed by atoms with Crippen LogP contribution in [0.25, 0.3) is 11.1 Å². The van der Waals surface area contributed by atoms with Crippen molar-refractivity contribution in [3.8, 4) is 11.1 Å². The van der Waals surface area contributed by atoms with Gasteiger partial charge in [-0.3, -0.25) is 9.59 Å². The van der Waals surface area contributed by atoms with E-state index in [2.05, 4.69) is 16.4 Å². The van der Waals surface area contributed by atoms with Gasteiger partial charge in [-0.15, -0.1) is 22.7 Å². The standard InChI is InChI=1S/C28H26FN3O2S2/c29-21-9-7-19(8-10-21)23-5-1-2-6-24(23)30-27(34)25-18-36-28(31-25)20-13-15-32(16-14-20)26(33)12-11-22-4-3-17-35-22/h1-10,17-18,20H,11-16H2,(H,30,34). The zero-order valence-electron chi connectivity index (χ0n) is 19.7. The molecule has 36 heavy (non-hydrogen) atoms. The minimum absolute atomic E-state index is 0.209. The Labute approximate surface area is 217 Å². The van der Waals surface area contributed by atoms with Crippen LogP contribution in [-0.2, 0) is 11.2 Å². The third-order valence-electron chi connectivity index (χ3n) is 6.45. The number of thiazole rings is 1. The molecule has 0 unspecified atom stereocenters. The fourth-order valence-corrected chi connectivity index (χ4v) is 6.14. The van der Waals surface area contributed by atoms with Crippen LogP contribution in [0.4, 0.5) is 10.1 Å². The zero-order valence-corrected chi connectivity index (χ0v) is 21.3. The van der Waals surface area contributed by atoms with Crippen molar-refractivity contribution in [2.75, 3.05) is 18.4 Å². The number of benzene rings is 2. The molecule has 2 aromatic carbocycles.